The maximum atomic E-state index is 12.9. The molecule has 0 unspecified atom stereocenters. The highest BCUT2D eigenvalue weighted by molar-refractivity contribution is 6.22. The molecule has 3 atom stereocenters. The number of fused-ring (bicyclic) bond motifs is 1. The minimum Gasteiger partial charge on any atom is -0.457 e. The van der Waals surface area contributed by atoms with Gasteiger partial charge in [0.1, 0.15) is 11.5 Å². The minimum absolute atomic E-state index is 0.0913. The molecular formula is C25H27NO3. The number of ether oxygens (including phenoxy) is 1. The normalized spacial score (nSPS) is 23.6. The van der Waals surface area contributed by atoms with E-state index >= 15 is 0 Å². The van der Waals surface area contributed by atoms with Crippen molar-refractivity contribution in [2.24, 2.45) is 17.8 Å². The molecule has 0 aromatic heterocycles. The van der Waals surface area contributed by atoms with E-state index in [4.69, 9.17) is 4.74 Å². The quantitative estimate of drug-likeness (QED) is 0.504. The van der Waals surface area contributed by atoms with Crippen LogP contribution in [0.2, 0.25) is 0 Å². The van der Waals surface area contributed by atoms with E-state index in [1.54, 1.807) is 12.1 Å². The molecule has 1 heterocycles. The number of hydrogen-bond acceptors (Lipinski definition) is 3. The molecule has 0 saturated carbocycles. The van der Waals surface area contributed by atoms with Crippen LogP contribution in [0.4, 0.5) is 5.69 Å². The van der Waals surface area contributed by atoms with Gasteiger partial charge < -0.3 is 4.74 Å². The number of carbonyl (C=O) groups is 2. The fourth-order valence-electron chi connectivity index (χ4n) is 4.40. The number of carbonyl (C=O) groups excluding carboxylic acids is 2. The molecule has 29 heavy (non-hydrogen) atoms. The van der Waals surface area contributed by atoms with Gasteiger partial charge in [0.25, 0.3) is 0 Å². The van der Waals surface area contributed by atoms with E-state index in [1.807, 2.05) is 44.2 Å². The number of amides is 2. The van der Waals surface area contributed by atoms with Gasteiger partial charge in [0.2, 0.25) is 11.8 Å². The van der Waals surface area contributed by atoms with Gasteiger partial charge in [-0.15, -0.1) is 0 Å². The van der Waals surface area contributed by atoms with Gasteiger partial charge in [-0.2, -0.15) is 0 Å². The first-order valence-corrected chi connectivity index (χ1v) is 10.3. The number of imide groups is 1. The molecule has 1 aliphatic carbocycles. The summed E-state index contributed by atoms with van der Waals surface area (Å²) in [5, 5.41) is 0. The molecule has 0 N–H and O–H groups in total. The summed E-state index contributed by atoms with van der Waals surface area (Å²) in [6.45, 7) is 8.33. The highest BCUT2D eigenvalue weighted by atomic mass is 16.5. The fraction of sp³-hybridized carbons (Fsp3) is 0.360. The lowest BCUT2D eigenvalue weighted by molar-refractivity contribution is -0.122. The summed E-state index contributed by atoms with van der Waals surface area (Å²) in [6, 6.07) is 13.5. The number of aryl methyl sites for hydroxylation is 1. The maximum absolute atomic E-state index is 12.9. The van der Waals surface area contributed by atoms with Gasteiger partial charge in [-0.05, 0) is 66.6 Å². The van der Waals surface area contributed by atoms with Gasteiger partial charge in [0, 0.05) is 0 Å². The number of rotatable bonds is 4. The van der Waals surface area contributed by atoms with Crippen LogP contribution in [0.3, 0.4) is 0 Å². The number of anilines is 1. The van der Waals surface area contributed by atoms with Gasteiger partial charge in [0.15, 0.2) is 0 Å². The van der Waals surface area contributed by atoms with Crippen LogP contribution in [0.25, 0.3) is 0 Å². The molecule has 2 aromatic carbocycles. The Balaban J connectivity index is 1.57. The predicted molar refractivity (Wildman–Crippen MR) is 114 cm³/mol. The topological polar surface area (TPSA) is 46.6 Å². The van der Waals surface area contributed by atoms with Crippen molar-refractivity contribution in [2.45, 2.75) is 40.0 Å². The lowest BCUT2D eigenvalue weighted by Gasteiger charge is -2.22. The molecule has 2 aliphatic rings. The third-order valence-electron chi connectivity index (χ3n) is 5.99. The van der Waals surface area contributed by atoms with Crippen LogP contribution in [0.15, 0.2) is 54.6 Å². The van der Waals surface area contributed by atoms with Crippen molar-refractivity contribution >= 4 is 17.5 Å². The van der Waals surface area contributed by atoms with Gasteiger partial charge in [-0.25, -0.2) is 0 Å². The van der Waals surface area contributed by atoms with Crippen LogP contribution in [-0.2, 0) is 9.59 Å². The average Bonchev–Trinajstić information content (AvgIpc) is 2.94. The highest BCUT2D eigenvalue weighted by Gasteiger charge is 2.50. The first-order valence-electron chi connectivity index (χ1n) is 10.3. The summed E-state index contributed by atoms with van der Waals surface area (Å²) in [5.74, 6) is 1.30. The molecular weight excluding hydrogens is 362 g/mol. The zero-order chi connectivity index (χ0) is 20.7. The number of benzene rings is 2. The summed E-state index contributed by atoms with van der Waals surface area (Å²) in [7, 11) is 0. The molecule has 2 amide bonds. The van der Waals surface area contributed by atoms with Crippen LogP contribution >= 0.6 is 0 Å². The summed E-state index contributed by atoms with van der Waals surface area (Å²) in [5.41, 5.74) is 2.90. The van der Waals surface area contributed by atoms with Crippen LogP contribution in [-0.4, -0.2) is 11.8 Å². The van der Waals surface area contributed by atoms with E-state index in [0.29, 0.717) is 23.8 Å². The summed E-state index contributed by atoms with van der Waals surface area (Å²) in [4.78, 5) is 27.2. The van der Waals surface area contributed by atoms with E-state index in [2.05, 4.69) is 26.0 Å². The second-order valence-electron chi connectivity index (χ2n) is 8.46. The minimum atomic E-state index is -0.246. The molecule has 0 radical (unpaired) electrons. The molecule has 1 saturated heterocycles. The Hall–Kier alpha value is -2.88. The maximum Gasteiger partial charge on any atom is 0.238 e. The monoisotopic (exact) mass is 389 g/mol. The first-order chi connectivity index (χ1) is 13.9. The van der Waals surface area contributed by atoms with Crippen LogP contribution < -0.4 is 9.64 Å². The Morgan fingerprint density at radius 2 is 1.76 bits per heavy atom. The molecule has 1 aliphatic heterocycles. The highest BCUT2D eigenvalue weighted by Crippen LogP contribution is 2.41. The molecule has 4 heteroatoms. The zero-order valence-electron chi connectivity index (χ0n) is 17.4. The van der Waals surface area contributed by atoms with Crippen LogP contribution in [0.1, 0.15) is 44.2 Å². The Labute approximate surface area is 172 Å². The summed E-state index contributed by atoms with van der Waals surface area (Å²) >= 11 is 0. The Kier molecular flexibility index (Phi) is 5.03. The van der Waals surface area contributed by atoms with Crippen LogP contribution in [0, 0.1) is 24.7 Å². The standard InChI is InChI=1S/C25H27NO3/c1-15(2)20-13-8-16(3)14-22(20)29-19-11-9-18(10-12-19)26-24(27)21-7-5-6-17(4)23(21)25(26)28/h5-6,8-15,17,21,23H,7H2,1-4H3/t17-,21+,23+/m1/s1. The van der Waals surface area contributed by atoms with Crippen molar-refractivity contribution in [1.82, 2.24) is 0 Å². The predicted octanol–water partition coefficient (Wildman–Crippen LogP) is 5.61. The van der Waals surface area contributed by atoms with Crippen molar-refractivity contribution in [2.75, 3.05) is 4.90 Å². The van der Waals surface area contributed by atoms with E-state index < -0.39 is 0 Å². The molecule has 2 aromatic rings. The van der Waals surface area contributed by atoms with E-state index in [0.717, 1.165) is 16.9 Å². The largest absolute Gasteiger partial charge is 0.457 e. The third kappa shape index (κ3) is 3.48. The van der Waals surface area contributed by atoms with Gasteiger partial charge in [-0.1, -0.05) is 45.1 Å². The third-order valence-corrected chi connectivity index (χ3v) is 5.99. The molecule has 0 bridgehead atoms. The van der Waals surface area contributed by atoms with Gasteiger partial charge in [0.05, 0.1) is 17.5 Å². The fourth-order valence-corrected chi connectivity index (χ4v) is 4.40. The lowest BCUT2D eigenvalue weighted by Crippen LogP contribution is -2.31. The SMILES string of the molecule is Cc1ccc(C(C)C)c(Oc2ccc(N3C(=O)[C@H]4[C@H](C)C=CC[C@@H]4C3=O)cc2)c1. The van der Waals surface area contributed by atoms with Crippen molar-refractivity contribution in [3.05, 3.63) is 65.7 Å². The molecule has 150 valence electrons. The summed E-state index contributed by atoms with van der Waals surface area (Å²) < 4.78 is 6.14. The molecule has 1 fully saturated rings. The Morgan fingerprint density at radius 1 is 1.03 bits per heavy atom. The molecule has 4 nitrogen and oxygen atoms in total. The van der Waals surface area contributed by atoms with Gasteiger partial charge >= 0.3 is 0 Å². The second kappa shape index (κ2) is 7.51. The molecule has 0 spiro atoms. The summed E-state index contributed by atoms with van der Waals surface area (Å²) in [6.07, 6.45) is 4.70. The van der Waals surface area contributed by atoms with Crippen molar-refractivity contribution in [1.29, 1.82) is 0 Å². The van der Waals surface area contributed by atoms with Crippen LogP contribution in [0.5, 0.6) is 11.5 Å². The molecule has 4 rings (SSSR count). The average molecular weight is 389 g/mol. The van der Waals surface area contributed by atoms with E-state index in [-0.39, 0.29) is 29.6 Å². The van der Waals surface area contributed by atoms with E-state index in [9.17, 15) is 9.59 Å². The second-order valence-corrected chi connectivity index (χ2v) is 8.46. The van der Waals surface area contributed by atoms with Crippen molar-refractivity contribution in [3.8, 4) is 11.5 Å². The Morgan fingerprint density at radius 3 is 2.41 bits per heavy atom. The smallest absolute Gasteiger partial charge is 0.238 e. The number of allylic oxidation sites excluding steroid dienone is 2. The number of nitrogens with zero attached hydrogens (tertiary/aromatic N) is 1. The number of hydrogen-bond donors (Lipinski definition) is 0. The first kappa shape index (κ1) is 19.4. The van der Waals surface area contributed by atoms with E-state index in [1.165, 1.54) is 4.90 Å². The Bertz CT molecular complexity index is 974. The van der Waals surface area contributed by atoms with Crippen molar-refractivity contribution in [3.63, 3.8) is 0 Å². The lowest BCUT2D eigenvalue weighted by atomic mass is 9.78. The van der Waals surface area contributed by atoms with Gasteiger partial charge in [-0.3, -0.25) is 14.5 Å². The zero-order valence-corrected chi connectivity index (χ0v) is 17.4. The van der Waals surface area contributed by atoms with Crippen molar-refractivity contribution < 1.29 is 14.3 Å².